The summed E-state index contributed by atoms with van der Waals surface area (Å²) >= 11 is 0. The third-order valence-corrected chi connectivity index (χ3v) is 9.20. The molecule has 216 valence electrons. The van der Waals surface area contributed by atoms with Gasteiger partial charge in [0.15, 0.2) is 0 Å². The number of carbonyl (C=O) groups excluding carboxylic acids is 4. The Morgan fingerprint density at radius 2 is 1.74 bits per heavy atom. The minimum Gasteiger partial charge on any atom is -0.446 e. The van der Waals surface area contributed by atoms with Crippen LogP contribution in [0.5, 0.6) is 0 Å². The molecular formula is C28H48N4O6. The molecular weight excluding hydrogens is 488 g/mol. The summed E-state index contributed by atoms with van der Waals surface area (Å²) in [5.74, 6) is -1.49. The standard InChI is InChI=1S/C28H48N4O6/c1-14(2)15(3)38-26(37)31-22(27(4,5)6)25(36)32-13-17-19(28(17,7)8)20(32)24(35)30-18(21(33)23(29)34)12-16-10-9-11-16/h14-20,22,24,30,35H,9-13H2,1-8H3,(H2,29,34)(H,31,37). The summed E-state index contributed by atoms with van der Waals surface area (Å²) in [5.41, 5.74) is 4.60. The number of hydrogen-bond donors (Lipinski definition) is 4. The third-order valence-electron chi connectivity index (χ3n) is 9.20. The van der Waals surface area contributed by atoms with Crippen LogP contribution in [0.3, 0.4) is 0 Å². The third kappa shape index (κ3) is 6.33. The van der Waals surface area contributed by atoms with E-state index in [0.717, 1.165) is 19.3 Å². The van der Waals surface area contributed by atoms with E-state index in [1.807, 2.05) is 34.6 Å². The van der Waals surface area contributed by atoms with Crippen molar-refractivity contribution < 1.29 is 29.0 Å². The largest absolute Gasteiger partial charge is 0.446 e. The van der Waals surface area contributed by atoms with Gasteiger partial charge >= 0.3 is 6.09 Å². The molecule has 0 aromatic rings. The van der Waals surface area contributed by atoms with E-state index in [-0.39, 0.29) is 35.2 Å². The number of aliphatic hydroxyl groups is 1. The van der Waals surface area contributed by atoms with Crippen molar-refractivity contribution >= 4 is 23.7 Å². The van der Waals surface area contributed by atoms with Gasteiger partial charge in [-0.1, -0.05) is 67.7 Å². The van der Waals surface area contributed by atoms with Gasteiger partial charge in [-0.2, -0.15) is 0 Å². The number of amides is 3. The lowest BCUT2D eigenvalue weighted by molar-refractivity contribution is -0.143. The molecule has 1 saturated heterocycles. The summed E-state index contributed by atoms with van der Waals surface area (Å²) < 4.78 is 5.48. The molecule has 2 aliphatic carbocycles. The Hall–Kier alpha value is -2.20. The van der Waals surface area contributed by atoms with Crippen LogP contribution >= 0.6 is 0 Å². The molecule has 1 aliphatic heterocycles. The average molecular weight is 537 g/mol. The van der Waals surface area contributed by atoms with Crippen molar-refractivity contribution in [3.05, 3.63) is 0 Å². The smallest absolute Gasteiger partial charge is 0.408 e. The minimum absolute atomic E-state index is 0.00974. The molecule has 3 aliphatic rings. The molecule has 5 N–H and O–H groups in total. The van der Waals surface area contributed by atoms with E-state index in [0.29, 0.717) is 18.9 Å². The number of nitrogens with one attached hydrogen (secondary N) is 2. The molecule has 1 heterocycles. The first-order valence-electron chi connectivity index (χ1n) is 14.0. The van der Waals surface area contributed by atoms with Crippen LogP contribution in [0.1, 0.15) is 81.1 Å². The van der Waals surface area contributed by atoms with E-state index in [9.17, 15) is 24.3 Å². The summed E-state index contributed by atoms with van der Waals surface area (Å²) in [6, 6.07) is -2.42. The van der Waals surface area contributed by atoms with Gasteiger partial charge in [0, 0.05) is 6.54 Å². The van der Waals surface area contributed by atoms with Crippen molar-refractivity contribution in [3.8, 4) is 0 Å². The Morgan fingerprint density at radius 3 is 2.21 bits per heavy atom. The predicted molar refractivity (Wildman–Crippen MR) is 143 cm³/mol. The molecule has 0 radical (unpaired) electrons. The van der Waals surface area contributed by atoms with Crippen LogP contribution in [0.4, 0.5) is 4.79 Å². The summed E-state index contributed by atoms with van der Waals surface area (Å²) in [7, 11) is 0. The second kappa shape index (κ2) is 11.1. The summed E-state index contributed by atoms with van der Waals surface area (Å²) in [6.07, 6.45) is 1.22. The number of aliphatic hydroxyl groups excluding tert-OH is 1. The lowest BCUT2D eigenvalue weighted by Gasteiger charge is -2.40. The van der Waals surface area contributed by atoms with Gasteiger partial charge in [-0.15, -0.1) is 0 Å². The Labute approximate surface area is 226 Å². The molecule has 7 unspecified atom stereocenters. The van der Waals surface area contributed by atoms with Crippen LogP contribution in [0, 0.1) is 34.5 Å². The Balaban J connectivity index is 1.81. The molecule has 3 rings (SSSR count). The fourth-order valence-electron chi connectivity index (χ4n) is 6.00. The van der Waals surface area contributed by atoms with E-state index in [2.05, 4.69) is 24.5 Å². The first-order valence-corrected chi connectivity index (χ1v) is 14.0. The number of nitrogens with two attached hydrogens (primary N) is 1. The summed E-state index contributed by atoms with van der Waals surface area (Å²) in [4.78, 5) is 52.7. The summed E-state index contributed by atoms with van der Waals surface area (Å²) in [6.45, 7) is 15.9. The highest BCUT2D eigenvalue weighted by molar-refractivity contribution is 6.37. The maximum atomic E-state index is 14.0. The number of fused-ring (bicyclic) bond motifs is 1. The number of alkyl carbamates (subject to hydrolysis) is 1. The van der Waals surface area contributed by atoms with E-state index in [1.54, 1.807) is 11.8 Å². The number of rotatable bonds is 11. The zero-order valence-electron chi connectivity index (χ0n) is 24.2. The molecule has 0 spiro atoms. The van der Waals surface area contributed by atoms with Crippen LogP contribution < -0.4 is 16.4 Å². The van der Waals surface area contributed by atoms with Crippen molar-refractivity contribution in [1.82, 2.24) is 15.5 Å². The highest BCUT2D eigenvalue weighted by Gasteiger charge is 2.69. The van der Waals surface area contributed by atoms with Gasteiger partial charge in [0.05, 0.1) is 12.1 Å². The van der Waals surface area contributed by atoms with Crippen LogP contribution in [0.2, 0.25) is 0 Å². The monoisotopic (exact) mass is 536 g/mol. The zero-order chi connectivity index (χ0) is 28.7. The zero-order valence-corrected chi connectivity index (χ0v) is 24.2. The van der Waals surface area contributed by atoms with Gasteiger partial charge in [-0.05, 0) is 47.8 Å². The van der Waals surface area contributed by atoms with Crippen LogP contribution in [-0.2, 0) is 19.1 Å². The van der Waals surface area contributed by atoms with Crippen molar-refractivity contribution in [2.24, 2.45) is 40.2 Å². The molecule has 2 saturated carbocycles. The SMILES string of the molecule is CC(C)C(C)OC(=O)NC(C(=O)N1CC2C(C1C(O)NC(CC1CCC1)C(=O)C(N)=O)C2(C)C)C(C)(C)C. The summed E-state index contributed by atoms with van der Waals surface area (Å²) in [5, 5.41) is 17.2. The van der Waals surface area contributed by atoms with Crippen LogP contribution in [0.15, 0.2) is 0 Å². The Morgan fingerprint density at radius 1 is 1.13 bits per heavy atom. The highest BCUT2D eigenvalue weighted by atomic mass is 16.6. The fraction of sp³-hybridized carbons (Fsp3) is 0.857. The molecule has 3 fully saturated rings. The predicted octanol–water partition coefficient (Wildman–Crippen LogP) is 2.18. The van der Waals surface area contributed by atoms with Crippen molar-refractivity contribution in [3.63, 3.8) is 0 Å². The second-order valence-corrected chi connectivity index (χ2v) is 13.7. The Bertz CT molecular complexity index is 925. The number of Topliss-reactive ketones (excluding diaryl/α,β-unsaturated/α-hetero) is 1. The van der Waals surface area contributed by atoms with Gasteiger partial charge in [-0.3, -0.25) is 19.7 Å². The molecule has 38 heavy (non-hydrogen) atoms. The molecule has 10 nitrogen and oxygen atoms in total. The molecule has 3 amide bonds. The average Bonchev–Trinajstić information content (AvgIpc) is 3.10. The van der Waals surface area contributed by atoms with Crippen LogP contribution in [0.25, 0.3) is 0 Å². The van der Waals surface area contributed by atoms with Crippen molar-refractivity contribution in [2.45, 2.75) is 112 Å². The molecule has 0 bridgehead atoms. The lowest BCUT2D eigenvalue weighted by atomic mass is 9.80. The van der Waals surface area contributed by atoms with E-state index >= 15 is 0 Å². The minimum atomic E-state index is -1.24. The van der Waals surface area contributed by atoms with Crippen LogP contribution in [-0.4, -0.2) is 70.7 Å². The van der Waals surface area contributed by atoms with Gasteiger partial charge in [-0.25, -0.2) is 4.79 Å². The van der Waals surface area contributed by atoms with Gasteiger partial charge in [0.25, 0.3) is 5.91 Å². The quantitative estimate of drug-likeness (QED) is 0.233. The van der Waals surface area contributed by atoms with Gasteiger partial charge < -0.3 is 25.8 Å². The Kier molecular flexibility index (Phi) is 8.88. The van der Waals surface area contributed by atoms with E-state index in [4.69, 9.17) is 10.5 Å². The number of nitrogens with zero attached hydrogens (tertiary/aromatic N) is 1. The lowest BCUT2D eigenvalue weighted by Crippen LogP contribution is -2.62. The normalized spacial score (nSPS) is 27.5. The van der Waals surface area contributed by atoms with Crippen molar-refractivity contribution in [1.29, 1.82) is 0 Å². The first-order chi connectivity index (χ1) is 17.5. The molecule has 7 atom stereocenters. The van der Waals surface area contributed by atoms with E-state index < -0.39 is 47.6 Å². The number of ketones is 1. The number of ether oxygens (including phenoxy) is 1. The maximum absolute atomic E-state index is 14.0. The number of piperidine rings is 1. The second-order valence-electron chi connectivity index (χ2n) is 13.7. The highest BCUT2D eigenvalue weighted by Crippen LogP contribution is 2.65. The van der Waals surface area contributed by atoms with E-state index in [1.165, 1.54) is 0 Å². The molecule has 0 aromatic carbocycles. The topological polar surface area (TPSA) is 151 Å². The number of primary amides is 1. The number of hydrogen-bond acceptors (Lipinski definition) is 7. The molecule has 0 aromatic heterocycles. The maximum Gasteiger partial charge on any atom is 0.408 e. The molecule has 10 heteroatoms. The first kappa shape index (κ1) is 30.3. The van der Waals surface area contributed by atoms with Gasteiger partial charge in [0.2, 0.25) is 11.7 Å². The fourth-order valence-corrected chi connectivity index (χ4v) is 6.00. The number of carbonyl (C=O) groups is 4. The van der Waals surface area contributed by atoms with Gasteiger partial charge in [0.1, 0.15) is 18.4 Å². The number of likely N-dealkylation sites (tertiary alicyclic amines) is 1. The van der Waals surface area contributed by atoms with Crippen molar-refractivity contribution in [2.75, 3.05) is 6.54 Å².